The van der Waals surface area contributed by atoms with E-state index in [9.17, 15) is 18.0 Å². The molecule has 4 N–H and O–H groups in total. The molecule has 1 aliphatic heterocycles. The summed E-state index contributed by atoms with van der Waals surface area (Å²) < 4.78 is 26.4. The topological polar surface area (TPSA) is 133 Å². The number of hydrogen-bond acceptors (Lipinski definition) is 5. The summed E-state index contributed by atoms with van der Waals surface area (Å²) in [4.78, 5) is 21.9. The number of carboxylic acid groups (broad SMARTS) is 1. The Hall–Kier alpha value is -1.49. The number of aliphatic hydroxyl groups excluding tert-OH is 1. The number of aliphatic carboxylic acids is 1. The third-order valence-electron chi connectivity index (χ3n) is 2.85. The molecule has 0 saturated carbocycles. The monoisotopic (exact) mass is 378 g/mol. The lowest BCUT2D eigenvalue weighted by Crippen LogP contribution is -2.43. The molecule has 21 heavy (non-hydrogen) atoms. The fourth-order valence-corrected chi connectivity index (χ4v) is 4.12. The lowest BCUT2D eigenvalue weighted by Gasteiger charge is -2.14. The van der Waals surface area contributed by atoms with Crippen LogP contribution in [0.4, 0.5) is 5.69 Å². The zero-order chi connectivity index (χ0) is 15.8. The Balaban J connectivity index is 2.39. The fourth-order valence-electron chi connectivity index (χ4n) is 1.85. The number of carboxylic acids is 1. The molecule has 0 unspecified atom stereocenters. The second-order valence-corrected chi connectivity index (χ2v) is 6.90. The minimum absolute atomic E-state index is 0.0491. The van der Waals surface area contributed by atoms with Gasteiger partial charge in [0.2, 0.25) is 15.9 Å². The Kier molecular flexibility index (Phi) is 4.33. The average Bonchev–Trinajstić information content (AvgIpc) is 2.73. The maximum absolute atomic E-state index is 12.2. The van der Waals surface area contributed by atoms with Crippen molar-refractivity contribution in [3.63, 3.8) is 0 Å². The average molecular weight is 379 g/mol. The number of fused-ring (bicyclic) bond motifs is 1. The van der Waals surface area contributed by atoms with Crippen molar-refractivity contribution in [1.29, 1.82) is 0 Å². The molecule has 1 atom stereocenters. The van der Waals surface area contributed by atoms with Gasteiger partial charge in [-0.25, -0.2) is 8.42 Å². The molecule has 0 fully saturated rings. The van der Waals surface area contributed by atoms with Gasteiger partial charge in [0.05, 0.1) is 17.9 Å². The molecule has 0 aromatic heterocycles. The predicted octanol–water partition coefficient (Wildman–Crippen LogP) is -0.333. The van der Waals surface area contributed by atoms with E-state index >= 15 is 0 Å². The number of sulfonamides is 1. The number of amides is 1. The first-order valence-electron chi connectivity index (χ1n) is 5.73. The quantitative estimate of drug-likeness (QED) is 0.554. The Morgan fingerprint density at radius 2 is 2.14 bits per heavy atom. The van der Waals surface area contributed by atoms with Crippen molar-refractivity contribution in [3.05, 3.63) is 22.2 Å². The van der Waals surface area contributed by atoms with Gasteiger partial charge in [-0.3, -0.25) is 9.59 Å². The van der Waals surface area contributed by atoms with E-state index in [0.717, 1.165) is 0 Å². The summed E-state index contributed by atoms with van der Waals surface area (Å²) >= 11 is 3.07. The van der Waals surface area contributed by atoms with Crippen LogP contribution in [0.25, 0.3) is 0 Å². The summed E-state index contributed by atoms with van der Waals surface area (Å²) in [5.74, 6) is -1.74. The number of carbonyl (C=O) groups is 2. The summed E-state index contributed by atoms with van der Waals surface area (Å²) in [6.45, 7) is -0.878. The largest absolute Gasteiger partial charge is 0.480 e. The molecule has 10 heteroatoms. The third-order valence-corrected chi connectivity index (χ3v) is 5.28. The van der Waals surface area contributed by atoms with Gasteiger partial charge in [0.25, 0.3) is 0 Å². The SMILES string of the molecule is O=C1Cc2cc(S(=O)(=O)N[C@@H](CO)C(=O)O)c(Br)cc2N1. The van der Waals surface area contributed by atoms with Crippen molar-refractivity contribution >= 4 is 43.5 Å². The maximum atomic E-state index is 12.2. The molecule has 1 heterocycles. The second kappa shape index (κ2) is 5.72. The molecule has 0 bridgehead atoms. The maximum Gasteiger partial charge on any atom is 0.324 e. The van der Waals surface area contributed by atoms with E-state index in [1.807, 2.05) is 4.72 Å². The lowest BCUT2D eigenvalue weighted by molar-refractivity contribution is -0.139. The van der Waals surface area contributed by atoms with E-state index < -0.39 is 28.6 Å². The van der Waals surface area contributed by atoms with Gasteiger partial charge < -0.3 is 15.5 Å². The lowest BCUT2D eigenvalue weighted by atomic mass is 10.2. The van der Waals surface area contributed by atoms with Gasteiger partial charge >= 0.3 is 5.97 Å². The van der Waals surface area contributed by atoms with E-state index in [0.29, 0.717) is 11.3 Å². The van der Waals surface area contributed by atoms with Crippen LogP contribution in [-0.2, 0) is 26.0 Å². The van der Waals surface area contributed by atoms with Gasteiger partial charge in [-0.2, -0.15) is 4.72 Å². The summed E-state index contributed by atoms with van der Waals surface area (Å²) in [6, 6.07) is 1.08. The highest BCUT2D eigenvalue weighted by Crippen LogP contribution is 2.32. The van der Waals surface area contributed by atoms with Crippen LogP contribution in [0.5, 0.6) is 0 Å². The Labute approximate surface area is 128 Å². The minimum atomic E-state index is -4.16. The van der Waals surface area contributed by atoms with Crippen LogP contribution in [0.2, 0.25) is 0 Å². The number of hydrogen-bond donors (Lipinski definition) is 4. The highest BCUT2D eigenvalue weighted by Gasteiger charge is 2.29. The van der Waals surface area contributed by atoms with Gasteiger partial charge in [-0.1, -0.05) is 0 Å². The highest BCUT2D eigenvalue weighted by atomic mass is 79.9. The number of nitrogens with one attached hydrogen (secondary N) is 2. The van der Waals surface area contributed by atoms with E-state index in [2.05, 4.69) is 21.2 Å². The Bertz CT molecular complexity index is 718. The fraction of sp³-hybridized carbons (Fsp3) is 0.273. The van der Waals surface area contributed by atoms with Crippen molar-refractivity contribution in [1.82, 2.24) is 4.72 Å². The summed E-state index contributed by atoms with van der Waals surface area (Å²) in [5.41, 5.74) is 1.00. The first-order valence-corrected chi connectivity index (χ1v) is 8.00. The third kappa shape index (κ3) is 3.23. The number of benzene rings is 1. The molecule has 1 aromatic rings. The van der Waals surface area contributed by atoms with E-state index in [1.54, 1.807) is 0 Å². The highest BCUT2D eigenvalue weighted by molar-refractivity contribution is 9.10. The molecule has 0 spiro atoms. The minimum Gasteiger partial charge on any atom is -0.480 e. The van der Waals surface area contributed by atoms with Gasteiger partial charge in [0, 0.05) is 10.2 Å². The zero-order valence-corrected chi connectivity index (χ0v) is 12.9. The van der Waals surface area contributed by atoms with E-state index in [4.69, 9.17) is 10.2 Å². The number of anilines is 1. The molecule has 0 aliphatic carbocycles. The first-order chi connectivity index (χ1) is 9.74. The Morgan fingerprint density at radius 1 is 1.48 bits per heavy atom. The summed E-state index contributed by atoms with van der Waals surface area (Å²) in [5, 5.41) is 20.2. The number of aliphatic hydroxyl groups is 1. The van der Waals surface area contributed by atoms with Gasteiger partial charge in [0.15, 0.2) is 0 Å². The van der Waals surface area contributed by atoms with Gasteiger partial charge in [0.1, 0.15) is 6.04 Å². The molecule has 1 aliphatic rings. The van der Waals surface area contributed by atoms with Crippen LogP contribution in [0, 0.1) is 0 Å². The number of rotatable bonds is 5. The van der Waals surface area contributed by atoms with Crippen LogP contribution < -0.4 is 10.0 Å². The van der Waals surface area contributed by atoms with Gasteiger partial charge in [-0.15, -0.1) is 0 Å². The van der Waals surface area contributed by atoms with Crippen molar-refractivity contribution in [2.75, 3.05) is 11.9 Å². The molecule has 1 amide bonds. The molecule has 2 rings (SSSR count). The van der Waals surface area contributed by atoms with Crippen LogP contribution >= 0.6 is 15.9 Å². The van der Waals surface area contributed by atoms with Crippen LogP contribution in [0.3, 0.4) is 0 Å². The van der Waals surface area contributed by atoms with Crippen molar-refractivity contribution in [3.8, 4) is 0 Å². The van der Waals surface area contributed by atoms with Crippen LogP contribution in [0.15, 0.2) is 21.5 Å². The molecule has 114 valence electrons. The van der Waals surface area contributed by atoms with Gasteiger partial charge in [-0.05, 0) is 33.6 Å². The van der Waals surface area contributed by atoms with E-state index in [-0.39, 0.29) is 21.7 Å². The molecule has 0 saturated heterocycles. The molecule has 8 nitrogen and oxygen atoms in total. The molecule has 1 aromatic carbocycles. The molecular weight excluding hydrogens is 368 g/mol. The second-order valence-electron chi connectivity index (χ2n) is 4.36. The standard InChI is InChI=1S/C11H11BrN2O6S/c12-6-3-7-5(2-10(16)13-7)1-9(6)21(19,20)14-8(4-15)11(17)18/h1,3,8,14-15H,2,4H2,(H,13,16)(H,17,18)/t8-/m0/s1. The van der Waals surface area contributed by atoms with Crippen LogP contribution in [-0.4, -0.2) is 43.2 Å². The predicted molar refractivity (Wildman–Crippen MR) is 75.3 cm³/mol. The normalized spacial score (nSPS) is 15.4. The van der Waals surface area contributed by atoms with E-state index in [1.165, 1.54) is 12.1 Å². The smallest absolute Gasteiger partial charge is 0.324 e. The summed E-state index contributed by atoms with van der Waals surface area (Å²) in [6.07, 6.45) is 0.0491. The Morgan fingerprint density at radius 3 is 2.71 bits per heavy atom. The van der Waals surface area contributed by atoms with Crippen molar-refractivity contribution < 1.29 is 28.2 Å². The number of carbonyl (C=O) groups excluding carboxylic acids is 1. The zero-order valence-electron chi connectivity index (χ0n) is 10.5. The summed E-state index contributed by atoms with van der Waals surface area (Å²) in [7, 11) is -4.16. The molecular formula is C11H11BrN2O6S. The number of halogens is 1. The molecule has 0 radical (unpaired) electrons. The van der Waals surface area contributed by atoms with Crippen molar-refractivity contribution in [2.45, 2.75) is 17.4 Å². The van der Waals surface area contributed by atoms with Crippen LogP contribution in [0.1, 0.15) is 5.56 Å². The first kappa shape index (κ1) is 15.9. The van der Waals surface area contributed by atoms with Crippen molar-refractivity contribution in [2.24, 2.45) is 0 Å².